The molecule has 14 rings (SSSR count). The van der Waals surface area contributed by atoms with Crippen molar-refractivity contribution >= 4 is 279 Å². The molecule has 9 N–H and O–H groups in total. The Morgan fingerprint density at radius 2 is 0.679 bits per heavy atom. The molecule has 0 saturated carbocycles. The summed E-state index contributed by atoms with van der Waals surface area (Å²) in [7, 11) is 1.64. The fourth-order valence-electron chi connectivity index (χ4n) is 11.6. The van der Waals surface area contributed by atoms with Crippen molar-refractivity contribution in [3.05, 3.63) is 273 Å². The molecule has 0 atom stereocenters. The summed E-state index contributed by atoms with van der Waals surface area (Å²) in [5, 5.41) is 69.1. The molecule has 27 heteroatoms. The summed E-state index contributed by atoms with van der Waals surface area (Å²) in [5.74, 6) is 1.85. The van der Waals surface area contributed by atoms with Crippen LogP contribution in [0.5, 0.6) is 34.5 Å². The van der Waals surface area contributed by atoms with Gasteiger partial charge in [0.1, 0.15) is 33.3 Å². The zero-order valence-electron chi connectivity index (χ0n) is 61.2. The highest BCUT2D eigenvalue weighted by molar-refractivity contribution is 14.1. The molecule has 5 heterocycles. The molecule has 0 spiro atoms. The molecule has 580 valence electrons. The second kappa shape index (κ2) is 42.9. The number of unbranched alkanes of at least 4 members (excludes halogenated alkanes) is 2. The van der Waals surface area contributed by atoms with E-state index in [1.165, 1.54) is 36.8 Å². The first-order valence-electron chi connectivity index (χ1n) is 35.3. The molecule has 0 saturated heterocycles. The predicted octanol–water partition coefficient (Wildman–Crippen LogP) is 26.9. The summed E-state index contributed by atoms with van der Waals surface area (Å²) in [4.78, 5) is 25.5. The molecule has 0 aliphatic heterocycles. The van der Waals surface area contributed by atoms with E-state index in [-0.39, 0.29) is 28.7 Å². The summed E-state index contributed by atoms with van der Waals surface area (Å²) in [6.45, 7) is 14.0. The van der Waals surface area contributed by atoms with Crippen LogP contribution in [0.1, 0.15) is 79.1 Å². The fourth-order valence-corrected chi connectivity index (χ4v) is 19.5. The van der Waals surface area contributed by atoms with Crippen molar-refractivity contribution in [2.75, 3.05) is 41.5 Å². The number of phenolic OH excluding ortho intramolecular Hbond substituents is 5. The Morgan fingerprint density at radius 3 is 1.05 bits per heavy atom. The highest BCUT2D eigenvalue weighted by Crippen LogP contribution is 2.41. The Balaban J connectivity index is 0.000000149. The van der Waals surface area contributed by atoms with Crippen molar-refractivity contribution in [2.24, 2.45) is 0 Å². The van der Waals surface area contributed by atoms with E-state index >= 15 is 0 Å². The summed E-state index contributed by atoms with van der Waals surface area (Å²) < 4.78 is 14.7. The van der Waals surface area contributed by atoms with E-state index in [4.69, 9.17) is 9.72 Å². The Bertz CT molecular complexity index is 5610. The van der Waals surface area contributed by atoms with Crippen molar-refractivity contribution < 1.29 is 30.3 Å². The second-order valence-corrected chi connectivity index (χ2v) is 36.5. The third kappa shape index (κ3) is 24.4. The lowest BCUT2D eigenvalue weighted by atomic mass is 10.1. The van der Waals surface area contributed by atoms with Gasteiger partial charge in [0.2, 0.25) is 0 Å². The Hall–Kier alpha value is -5.73. The number of fused-ring (bicyclic) bond motifs is 5. The molecular weight excluding hydrogens is 2320 g/mol. The van der Waals surface area contributed by atoms with Crippen LogP contribution in [0.25, 0.3) is 54.5 Å². The van der Waals surface area contributed by atoms with Crippen molar-refractivity contribution in [1.82, 2.24) is 29.8 Å². The van der Waals surface area contributed by atoms with Gasteiger partial charge in [-0.1, -0.05) is 115 Å². The average Bonchev–Trinajstić information content (AvgIpc) is 0.815. The number of halogens is 11. The number of pyridine rings is 5. The number of rotatable bonds is 21. The number of phenols is 5. The third-order valence-corrected chi connectivity index (χ3v) is 25.2. The first kappa shape index (κ1) is 88.6. The van der Waals surface area contributed by atoms with Crippen molar-refractivity contribution in [1.29, 1.82) is 0 Å². The van der Waals surface area contributed by atoms with Crippen LogP contribution in [-0.4, -0.2) is 75.6 Å². The molecule has 5 aromatic heterocycles. The van der Waals surface area contributed by atoms with Crippen LogP contribution in [0, 0.1) is 28.1 Å². The van der Waals surface area contributed by atoms with Crippen LogP contribution < -0.4 is 26.0 Å². The number of ether oxygens (including phenoxy) is 1. The minimum absolute atomic E-state index is 0.148. The smallest absolute Gasteiger partial charge is 0.156 e. The molecule has 0 aliphatic carbocycles. The molecule has 0 bridgehead atoms. The fraction of sp³-hybridized carbons (Fsp3) is 0.188. The van der Waals surface area contributed by atoms with E-state index in [2.05, 4.69) is 300 Å². The lowest BCUT2D eigenvalue weighted by molar-refractivity contribution is 0.254. The van der Waals surface area contributed by atoms with E-state index in [0.29, 0.717) is 67.2 Å². The Kier molecular flexibility index (Phi) is 34.0. The van der Waals surface area contributed by atoms with Crippen LogP contribution >= 0.6 is 202 Å². The van der Waals surface area contributed by atoms with Gasteiger partial charge in [0.25, 0.3) is 0 Å². The number of aromatic nitrogens is 5. The normalized spacial score (nSPS) is 11.0. The van der Waals surface area contributed by atoms with Crippen molar-refractivity contribution in [3.63, 3.8) is 0 Å². The van der Waals surface area contributed by atoms with Gasteiger partial charge in [-0.25, -0.2) is 24.9 Å². The number of hydrogen-bond donors (Lipinski definition) is 9. The van der Waals surface area contributed by atoms with Gasteiger partial charge in [-0.05, 0) is 353 Å². The molecule has 0 fully saturated rings. The van der Waals surface area contributed by atoms with E-state index in [9.17, 15) is 25.5 Å². The van der Waals surface area contributed by atoms with Crippen LogP contribution in [0.3, 0.4) is 0 Å². The van der Waals surface area contributed by atoms with E-state index in [1.54, 1.807) is 7.11 Å². The zero-order valence-corrected chi connectivity index (χ0v) is 80.9. The van der Waals surface area contributed by atoms with Crippen molar-refractivity contribution in [2.45, 2.75) is 86.1 Å². The molecule has 14 aromatic rings. The third-order valence-electron chi connectivity index (χ3n) is 17.4. The maximum Gasteiger partial charge on any atom is 0.156 e. The van der Waals surface area contributed by atoms with Gasteiger partial charge in [-0.3, -0.25) is 4.90 Å². The number of anilines is 4. The molecule has 0 amide bonds. The number of hydrogen-bond acceptors (Lipinski definition) is 16. The SMILES string of the molecule is CCCCN(CCCC)Cc1ccc2c(Br)cc(Br)c(O)c2n1.COc1ccc(NCc2ccc3c(Br)cc(Br)c(O)c3n2)cc1.Cc1cc(C)cc(NCc2ccc3c(Br)cc(Br)c(O)c3n2)c1.Oc1c(I)cc(I)c2ccc(CNc3ccc(Br)cc3)nc12.Oc1c(I)cc(I)c2ccc(CNc3ccccc3)nc12. The first-order chi connectivity index (χ1) is 53.8. The monoisotopic (exact) mass is 2390 g/mol. The number of benzene rings is 9. The minimum atomic E-state index is 0.148. The van der Waals surface area contributed by atoms with Gasteiger partial charge in [0, 0.05) is 81.3 Å². The molecule has 0 radical (unpaired) electrons. The summed E-state index contributed by atoms with van der Waals surface area (Å²) in [5.41, 5.74) is 14.2. The number of aromatic hydroxyl groups is 5. The van der Waals surface area contributed by atoms with Gasteiger partial charge in [0.15, 0.2) is 28.7 Å². The maximum absolute atomic E-state index is 10.3. The van der Waals surface area contributed by atoms with Crippen LogP contribution in [-0.2, 0) is 32.7 Å². The Labute approximate surface area is 764 Å². The largest absolute Gasteiger partial charge is 0.505 e. The highest BCUT2D eigenvalue weighted by atomic mass is 127. The molecule has 0 aliphatic rings. The quantitative estimate of drug-likeness (QED) is 0.0305. The number of nitrogens with one attached hydrogen (secondary N) is 4. The number of nitrogens with zero attached hydrogens (tertiary/aromatic N) is 6. The van der Waals surface area contributed by atoms with E-state index < -0.39 is 0 Å². The molecular formula is C85H77Br7I4N10O6. The van der Waals surface area contributed by atoms with Gasteiger partial charge < -0.3 is 51.5 Å². The van der Waals surface area contributed by atoms with Crippen LogP contribution in [0.4, 0.5) is 22.7 Å². The Morgan fingerprint density at radius 1 is 0.348 bits per heavy atom. The van der Waals surface area contributed by atoms with Crippen LogP contribution in [0.2, 0.25) is 0 Å². The van der Waals surface area contributed by atoms with Gasteiger partial charge in [-0.15, -0.1) is 0 Å². The van der Waals surface area contributed by atoms with Gasteiger partial charge >= 0.3 is 0 Å². The lowest BCUT2D eigenvalue weighted by Crippen LogP contribution is -2.26. The highest BCUT2D eigenvalue weighted by Gasteiger charge is 2.18. The van der Waals surface area contributed by atoms with Gasteiger partial charge in [0.05, 0.1) is 82.3 Å². The summed E-state index contributed by atoms with van der Waals surface area (Å²) in [6, 6.07) is 61.4. The lowest BCUT2D eigenvalue weighted by Gasteiger charge is -2.21. The number of para-hydroxylation sites is 1. The average molecular weight is 2400 g/mol. The predicted molar refractivity (Wildman–Crippen MR) is 518 cm³/mol. The molecule has 9 aromatic carbocycles. The molecule has 112 heavy (non-hydrogen) atoms. The zero-order chi connectivity index (χ0) is 80.3. The standard InChI is InChI=1S/C18H16Br2N2O.C18H24Br2N2O.C17H14Br2N2O2.C16H11BrI2N2O.C16H12I2N2O/c1-10-5-11(2)7-13(6-10)21-9-12-3-4-14-15(19)8-16(20)18(23)17(14)22-12;1-3-5-9-22(10-6-4-2)12-13-7-8-14-15(19)11-16(20)18(23)17(14)21-13;1-23-12-5-2-10(3-6-12)20-9-11-4-7-13-14(18)8-15(19)17(22)16(13)21-11;17-9-1-3-10(4-2-9)20-8-11-5-6-12-13(18)7-14(19)16(22)15(12)21-11;17-13-8-14(18)16(21)15-12(13)7-6-11(20-15)9-19-10-4-2-1-3-5-10/h3-8,21,23H,9H2,1-2H3;7-8,11,23H,3-6,9-10,12H2,1-2H3;2-8,20,22H,9H2,1H3;1-7,20,22H,8H2;1-8,19,21H,9H2. The number of methoxy groups -OCH3 is 1. The maximum atomic E-state index is 10.3. The summed E-state index contributed by atoms with van der Waals surface area (Å²) in [6.07, 6.45) is 4.82. The first-order valence-corrected chi connectivity index (χ1v) is 45.2. The summed E-state index contributed by atoms with van der Waals surface area (Å²) >= 11 is 32.8. The van der Waals surface area contributed by atoms with Gasteiger partial charge in [-0.2, -0.15) is 0 Å². The second-order valence-electron chi connectivity index (χ2n) is 25.8. The van der Waals surface area contributed by atoms with E-state index in [1.807, 2.05) is 164 Å². The van der Waals surface area contributed by atoms with E-state index in [0.717, 1.165) is 136 Å². The molecule has 0 unspecified atom stereocenters. The number of aryl methyl sites for hydroxylation is 2. The topological polar surface area (TPSA) is 226 Å². The van der Waals surface area contributed by atoms with Crippen LogP contribution in [0.15, 0.2) is 219 Å². The van der Waals surface area contributed by atoms with Crippen molar-refractivity contribution in [3.8, 4) is 34.5 Å². The molecule has 16 nitrogen and oxygen atoms in total. The minimum Gasteiger partial charge on any atom is -0.505 e.